The van der Waals surface area contributed by atoms with E-state index in [1.807, 2.05) is 6.07 Å². The van der Waals surface area contributed by atoms with Crippen LogP contribution in [0.5, 0.6) is 0 Å². The summed E-state index contributed by atoms with van der Waals surface area (Å²) in [5, 5.41) is 9.02. The molecule has 0 radical (unpaired) electrons. The van der Waals surface area contributed by atoms with Crippen molar-refractivity contribution in [3.05, 3.63) is 52.2 Å². The number of aromatic nitrogens is 3. The molecule has 9 heteroatoms. The SMILES string of the molecule is COCCNC(=O)C1Cn2c(n[nH]c2=O)CN1C(=O)c1ccccc1. The minimum atomic E-state index is -0.799. The van der Waals surface area contributed by atoms with Crippen molar-refractivity contribution in [2.45, 2.75) is 19.1 Å². The number of carbonyl (C=O) groups is 2. The number of rotatable bonds is 5. The number of fused-ring (bicyclic) bond motifs is 1. The van der Waals surface area contributed by atoms with Crippen molar-refractivity contribution < 1.29 is 14.3 Å². The number of ether oxygens (including phenoxy) is 1. The van der Waals surface area contributed by atoms with Crippen molar-refractivity contribution >= 4 is 11.8 Å². The largest absolute Gasteiger partial charge is 0.383 e. The Balaban J connectivity index is 1.88. The summed E-state index contributed by atoms with van der Waals surface area (Å²) in [4.78, 5) is 38.7. The first-order valence-electron chi connectivity index (χ1n) is 7.88. The van der Waals surface area contributed by atoms with Gasteiger partial charge in [0.1, 0.15) is 6.04 Å². The molecular formula is C16H19N5O4. The molecule has 132 valence electrons. The van der Waals surface area contributed by atoms with Gasteiger partial charge in [-0.1, -0.05) is 18.2 Å². The van der Waals surface area contributed by atoms with E-state index < -0.39 is 11.7 Å². The number of benzene rings is 1. The summed E-state index contributed by atoms with van der Waals surface area (Å²) in [6, 6.07) is 7.91. The van der Waals surface area contributed by atoms with Gasteiger partial charge in [0.05, 0.1) is 19.7 Å². The Labute approximate surface area is 143 Å². The maximum Gasteiger partial charge on any atom is 0.343 e. The van der Waals surface area contributed by atoms with Crippen LogP contribution in [0.15, 0.2) is 35.1 Å². The van der Waals surface area contributed by atoms with Crippen molar-refractivity contribution in [3.8, 4) is 0 Å². The van der Waals surface area contributed by atoms with E-state index in [0.717, 1.165) is 0 Å². The number of hydrogen-bond acceptors (Lipinski definition) is 5. The van der Waals surface area contributed by atoms with Crippen molar-refractivity contribution in [1.82, 2.24) is 25.0 Å². The number of hydrogen-bond donors (Lipinski definition) is 2. The number of carbonyl (C=O) groups excluding carboxylic acids is 2. The molecular weight excluding hydrogens is 326 g/mol. The molecule has 1 aromatic heterocycles. The van der Waals surface area contributed by atoms with Gasteiger partial charge in [0.25, 0.3) is 5.91 Å². The lowest BCUT2D eigenvalue weighted by atomic mass is 10.1. The van der Waals surface area contributed by atoms with Gasteiger partial charge in [0.2, 0.25) is 5.91 Å². The first-order chi connectivity index (χ1) is 12.1. The third-order valence-electron chi connectivity index (χ3n) is 4.07. The molecule has 2 aromatic rings. The Kier molecular flexibility index (Phi) is 4.94. The lowest BCUT2D eigenvalue weighted by molar-refractivity contribution is -0.127. The number of nitrogens with zero attached hydrogens (tertiary/aromatic N) is 3. The number of H-pyrrole nitrogens is 1. The Bertz CT molecular complexity index is 813. The molecule has 0 spiro atoms. The predicted octanol–water partition coefficient (Wildman–Crippen LogP) is -0.641. The molecule has 0 bridgehead atoms. The summed E-state index contributed by atoms with van der Waals surface area (Å²) in [7, 11) is 1.54. The molecule has 0 saturated carbocycles. The van der Waals surface area contributed by atoms with Crippen LogP contribution in [0.3, 0.4) is 0 Å². The maximum absolute atomic E-state index is 12.9. The van der Waals surface area contributed by atoms with Gasteiger partial charge in [-0.15, -0.1) is 0 Å². The highest BCUT2D eigenvalue weighted by Gasteiger charge is 2.36. The number of aromatic amines is 1. The smallest absolute Gasteiger partial charge is 0.343 e. The second-order valence-electron chi connectivity index (χ2n) is 5.65. The fraction of sp³-hybridized carbons (Fsp3) is 0.375. The van der Waals surface area contributed by atoms with E-state index in [-0.39, 0.29) is 24.9 Å². The zero-order valence-corrected chi connectivity index (χ0v) is 13.8. The van der Waals surface area contributed by atoms with Crippen LogP contribution in [0.1, 0.15) is 16.2 Å². The molecule has 2 heterocycles. The molecule has 1 aliphatic rings. The molecule has 1 aromatic carbocycles. The monoisotopic (exact) mass is 345 g/mol. The van der Waals surface area contributed by atoms with Crippen LogP contribution < -0.4 is 11.0 Å². The van der Waals surface area contributed by atoms with E-state index in [2.05, 4.69) is 15.5 Å². The first kappa shape index (κ1) is 16.9. The third-order valence-corrected chi connectivity index (χ3v) is 4.07. The Morgan fingerprint density at radius 3 is 2.84 bits per heavy atom. The van der Waals surface area contributed by atoms with Crippen molar-refractivity contribution in [2.75, 3.05) is 20.3 Å². The van der Waals surface area contributed by atoms with Gasteiger partial charge in [-0.05, 0) is 12.1 Å². The van der Waals surface area contributed by atoms with Gasteiger partial charge in [0.15, 0.2) is 5.82 Å². The lowest BCUT2D eigenvalue weighted by Gasteiger charge is -2.34. The van der Waals surface area contributed by atoms with E-state index in [4.69, 9.17) is 4.74 Å². The van der Waals surface area contributed by atoms with Gasteiger partial charge in [-0.3, -0.25) is 14.2 Å². The van der Waals surface area contributed by atoms with Gasteiger partial charge in [-0.25, -0.2) is 9.89 Å². The highest BCUT2D eigenvalue weighted by atomic mass is 16.5. The second kappa shape index (κ2) is 7.31. The van der Waals surface area contributed by atoms with Crippen LogP contribution in [0.25, 0.3) is 0 Å². The normalized spacial score (nSPS) is 16.4. The van der Waals surface area contributed by atoms with Crippen LogP contribution in [-0.2, 0) is 22.6 Å². The van der Waals surface area contributed by atoms with E-state index in [0.29, 0.717) is 24.5 Å². The van der Waals surface area contributed by atoms with Crippen molar-refractivity contribution in [3.63, 3.8) is 0 Å². The molecule has 25 heavy (non-hydrogen) atoms. The van der Waals surface area contributed by atoms with Gasteiger partial charge >= 0.3 is 5.69 Å². The summed E-state index contributed by atoms with van der Waals surface area (Å²) in [5.74, 6) is -0.190. The Morgan fingerprint density at radius 2 is 2.12 bits per heavy atom. The highest BCUT2D eigenvalue weighted by Crippen LogP contribution is 2.18. The van der Waals surface area contributed by atoms with Crippen molar-refractivity contribution in [1.29, 1.82) is 0 Å². The van der Waals surface area contributed by atoms with Crippen LogP contribution in [0.4, 0.5) is 0 Å². The topological polar surface area (TPSA) is 109 Å². The molecule has 1 aliphatic heterocycles. The molecule has 0 fully saturated rings. The third kappa shape index (κ3) is 3.45. The van der Waals surface area contributed by atoms with Gasteiger partial charge in [-0.2, -0.15) is 5.10 Å². The quantitative estimate of drug-likeness (QED) is 0.701. The molecule has 1 unspecified atom stereocenters. The van der Waals surface area contributed by atoms with E-state index in [1.165, 1.54) is 16.6 Å². The summed E-state index contributed by atoms with van der Waals surface area (Å²) >= 11 is 0. The zero-order valence-electron chi connectivity index (χ0n) is 13.8. The fourth-order valence-corrected chi connectivity index (χ4v) is 2.77. The molecule has 2 N–H and O–H groups in total. The van der Waals surface area contributed by atoms with E-state index in [9.17, 15) is 14.4 Å². The summed E-state index contributed by atoms with van der Waals surface area (Å²) in [6.07, 6.45) is 0. The van der Waals surface area contributed by atoms with Crippen LogP contribution in [0.2, 0.25) is 0 Å². The van der Waals surface area contributed by atoms with E-state index >= 15 is 0 Å². The summed E-state index contributed by atoms with van der Waals surface area (Å²) in [5.41, 5.74) is 0.0834. The van der Waals surface area contributed by atoms with Crippen LogP contribution >= 0.6 is 0 Å². The molecule has 1 atom stereocenters. The first-order valence-corrected chi connectivity index (χ1v) is 7.88. The average Bonchev–Trinajstić information content (AvgIpc) is 3.01. The van der Waals surface area contributed by atoms with Gasteiger partial charge in [0, 0.05) is 19.2 Å². The standard InChI is InChI=1S/C16H19N5O4/c1-25-8-7-17-14(22)12-9-21-13(18-19-16(21)24)10-20(12)15(23)11-5-3-2-4-6-11/h2-6,12H,7-10H2,1H3,(H,17,22)(H,19,24). The van der Waals surface area contributed by atoms with Crippen LogP contribution in [0, 0.1) is 0 Å². The number of amides is 2. The minimum Gasteiger partial charge on any atom is -0.383 e. The molecule has 0 aliphatic carbocycles. The summed E-state index contributed by atoms with van der Waals surface area (Å²) < 4.78 is 6.30. The van der Waals surface area contributed by atoms with E-state index in [1.54, 1.807) is 24.3 Å². The van der Waals surface area contributed by atoms with Crippen LogP contribution in [-0.4, -0.2) is 57.8 Å². The molecule has 0 saturated heterocycles. The van der Waals surface area contributed by atoms with Gasteiger partial charge < -0.3 is 15.0 Å². The average molecular weight is 345 g/mol. The predicted molar refractivity (Wildman–Crippen MR) is 87.8 cm³/mol. The fourth-order valence-electron chi connectivity index (χ4n) is 2.77. The lowest BCUT2D eigenvalue weighted by Crippen LogP contribution is -2.55. The number of methoxy groups -OCH3 is 1. The summed E-state index contributed by atoms with van der Waals surface area (Å²) in [6.45, 7) is 0.825. The minimum absolute atomic E-state index is 0.0576. The van der Waals surface area contributed by atoms with Crippen molar-refractivity contribution in [2.24, 2.45) is 0 Å². The highest BCUT2D eigenvalue weighted by molar-refractivity contribution is 5.97. The molecule has 3 rings (SSSR count). The maximum atomic E-state index is 12.9. The Hall–Kier alpha value is -2.94. The zero-order chi connectivity index (χ0) is 17.8. The molecule has 9 nitrogen and oxygen atoms in total. The molecule has 2 amide bonds. The Morgan fingerprint density at radius 1 is 1.36 bits per heavy atom. The second-order valence-corrected chi connectivity index (χ2v) is 5.65. The number of nitrogens with one attached hydrogen (secondary N) is 2.